The maximum absolute atomic E-state index is 11.7. The second-order valence-electron chi connectivity index (χ2n) is 4.83. The van der Waals surface area contributed by atoms with Crippen molar-refractivity contribution in [3.63, 3.8) is 0 Å². The van der Waals surface area contributed by atoms with Crippen LogP contribution in [0.25, 0.3) is 11.3 Å². The summed E-state index contributed by atoms with van der Waals surface area (Å²) in [7, 11) is 0. The molecule has 8 nitrogen and oxygen atoms in total. The minimum absolute atomic E-state index is 0.0952. The van der Waals surface area contributed by atoms with Crippen molar-refractivity contribution in [3.8, 4) is 11.3 Å². The highest BCUT2D eigenvalue weighted by molar-refractivity contribution is 5.75. The molecular formula is C15H15N7O. The summed E-state index contributed by atoms with van der Waals surface area (Å²) in [5.41, 5.74) is 1.91. The largest absolute Gasteiger partial charge is 0.354 e. The van der Waals surface area contributed by atoms with E-state index in [0.29, 0.717) is 18.8 Å². The molecule has 0 unspecified atom stereocenters. The zero-order chi connectivity index (χ0) is 15.9. The molecule has 0 saturated carbocycles. The summed E-state index contributed by atoms with van der Waals surface area (Å²) in [5.74, 6) is 0.533. The Morgan fingerprint density at radius 2 is 2.04 bits per heavy atom. The van der Waals surface area contributed by atoms with Crippen LogP contribution in [0.5, 0.6) is 0 Å². The van der Waals surface area contributed by atoms with Gasteiger partial charge in [0.2, 0.25) is 5.91 Å². The lowest BCUT2D eigenvalue weighted by molar-refractivity contribution is -0.121. The normalized spacial score (nSPS) is 10.4. The lowest BCUT2D eigenvalue weighted by Crippen LogP contribution is -2.29. The van der Waals surface area contributed by atoms with Crippen LogP contribution in [0, 0.1) is 0 Å². The zero-order valence-corrected chi connectivity index (χ0v) is 12.3. The first kappa shape index (κ1) is 14.8. The molecule has 23 heavy (non-hydrogen) atoms. The van der Waals surface area contributed by atoms with Crippen LogP contribution in [-0.2, 0) is 17.8 Å². The molecule has 0 saturated heterocycles. The summed E-state index contributed by atoms with van der Waals surface area (Å²) >= 11 is 0. The second kappa shape index (κ2) is 7.21. The lowest BCUT2D eigenvalue weighted by atomic mass is 10.1. The third-order valence-electron chi connectivity index (χ3n) is 3.14. The van der Waals surface area contributed by atoms with Crippen molar-refractivity contribution < 1.29 is 4.79 Å². The summed E-state index contributed by atoms with van der Waals surface area (Å²) in [4.78, 5) is 20.5. The van der Waals surface area contributed by atoms with Crippen LogP contribution in [0.4, 0.5) is 0 Å². The van der Waals surface area contributed by atoms with Crippen molar-refractivity contribution >= 4 is 5.91 Å². The predicted octanol–water partition coefficient (Wildman–Crippen LogP) is 0.489. The van der Waals surface area contributed by atoms with Gasteiger partial charge in [-0.05, 0) is 16.5 Å². The van der Waals surface area contributed by atoms with Gasteiger partial charge in [0, 0.05) is 24.7 Å². The number of carbonyl (C=O) groups excluding carboxylic acids is 1. The number of aromatic nitrogens is 6. The number of hydrogen-bond donors (Lipinski definition) is 1. The van der Waals surface area contributed by atoms with E-state index < -0.39 is 0 Å². The second-order valence-corrected chi connectivity index (χ2v) is 4.83. The fourth-order valence-electron chi connectivity index (χ4n) is 2.06. The van der Waals surface area contributed by atoms with Crippen LogP contribution in [0.15, 0.2) is 48.9 Å². The molecule has 0 fully saturated rings. The summed E-state index contributed by atoms with van der Waals surface area (Å²) in [5, 5.41) is 13.4. The van der Waals surface area contributed by atoms with E-state index in [1.807, 2.05) is 36.4 Å². The number of hydrogen-bond acceptors (Lipinski definition) is 6. The van der Waals surface area contributed by atoms with Gasteiger partial charge in [0.25, 0.3) is 0 Å². The smallest absolute Gasteiger partial charge is 0.241 e. The summed E-state index contributed by atoms with van der Waals surface area (Å²) in [6, 6.07) is 11.8. The molecule has 116 valence electrons. The Morgan fingerprint density at radius 3 is 2.83 bits per heavy atom. The third kappa shape index (κ3) is 4.16. The zero-order valence-electron chi connectivity index (χ0n) is 12.3. The van der Waals surface area contributed by atoms with Gasteiger partial charge in [0.1, 0.15) is 18.7 Å². The van der Waals surface area contributed by atoms with Gasteiger partial charge in [-0.1, -0.05) is 30.3 Å². The average molecular weight is 309 g/mol. The highest BCUT2D eigenvalue weighted by Crippen LogP contribution is 2.15. The van der Waals surface area contributed by atoms with Crippen LogP contribution in [0.2, 0.25) is 0 Å². The van der Waals surface area contributed by atoms with Gasteiger partial charge in [0.15, 0.2) is 0 Å². The fraction of sp³-hybridized carbons (Fsp3) is 0.200. The van der Waals surface area contributed by atoms with E-state index in [1.165, 1.54) is 11.0 Å². The molecule has 0 bridgehead atoms. The topological polar surface area (TPSA) is 98.5 Å². The molecule has 1 aromatic carbocycles. The van der Waals surface area contributed by atoms with Gasteiger partial charge in [-0.15, -0.1) is 5.10 Å². The van der Waals surface area contributed by atoms with E-state index in [1.54, 1.807) is 6.20 Å². The van der Waals surface area contributed by atoms with E-state index >= 15 is 0 Å². The van der Waals surface area contributed by atoms with Gasteiger partial charge in [-0.3, -0.25) is 4.79 Å². The Morgan fingerprint density at radius 1 is 1.17 bits per heavy atom. The fourth-order valence-corrected chi connectivity index (χ4v) is 2.06. The monoisotopic (exact) mass is 309 g/mol. The number of tetrazole rings is 1. The Bertz CT molecular complexity index is 759. The number of nitrogens with one attached hydrogen (secondary N) is 1. The molecule has 3 aromatic rings. The average Bonchev–Trinajstić information content (AvgIpc) is 3.09. The number of amides is 1. The predicted molar refractivity (Wildman–Crippen MR) is 82.0 cm³/mol. The maximum atomic E-state index is 11.7. The van der Waals surface area contributed by atoms with Gasteiger partial charge in [-0.25, -0.2) is 14.6 Å². The Balaban J connectivity index is 1.53. The van der Waals surface area contributed by atoms with Crippen LogP contribution in [0.3, 0.4) is 0 Å². The summed E-state index contributed by atoms with van der Waals surface area (Å²) < 4.78 is 1.36. The molecule has 0 atom stereocenters. The van der Waals surface area contributed by atoms with E-state index in [9.17, 15) is 4.79 Å². The molecule has 2 aromatic heterocycles. The van der Waals surface area contributed by atoms with Crippen molar-refractivity contribution in [1.82, 2.24) is 35.5 Å². The molecule has 2 heterocycles. The Hall–Kier alpha value is -3.16. The van der Waals surface area contributed by atoms with E-state index in [4.69, 9.17) is 0 Å². The summed E-state index contributed by atoms with van der Waals surface area (Å²) in [6.45, 7) is 0.553. The third-order valence-corrected chi connectivity index (χ3v) is 3.14. The molecule has 0 aliphatic heterocycles. The van der Waals surface area contributed by atoms with E-state index in [-0.39, 0.29) is 12.5 Å². The molecule has 1 amide bonds. The van der Waals surface area contributed by atoms with Crippen LogP contribution in [-0.4, -0.2) is 42.6 Å². The van der Waals surface area contributed by atoms with Crippen LogP contribution in [0.1, 0.15) is 5.82 Å². The molecule has 3 rings (SSSR count). The molecular weight excluding hydrogens is 294 g/mol. The Kier molecular flexibility index (Phi) is 4.63. The standard InChI is InChI=1S/C15H15N7O/c23-15(10-22-11-18-20-21-22)17-9-7-14-16-8-6-13(19-14)12-4-2-1-3-5-12/h1-6,8,11H,7,9-10H2,(H,17,23). The molecule has 0 aliphatic rings. The molecule has 8 heteroatoms. The first-order valence-corrected chi connectivity index (χ1v) is 7.16. The summed E-state index contributed by atoms with van der Waals surface area (Å²) in [6.07, 6.45) is 3.68. The van der Waals surface area contributed by atoms with Crippen molar-refractivity contribution in [2.45, 2.75) is 13.0 Å². The van der Waals surface area contributed by atoms with Gasteiger partial charge in [-0.2, -0.15) is 0 Å². The van der Waals surface area contributed by atoms with Gasteiger partial charge < -0.3 is 5.32 Å². The quantitative estimate of drug-likeness (QED) is 0.711. The van der Waals surface area contributed by atoms with Crippen molar-refractivity contribution in [1.29, 1.82) is 0 Å². The number of rotatable bonds is 6. The van der Waals surface area contributed by atoms with E-state index in [0.717, 1.165) is 11.3 Å². The molecule has 1 N–H and O–H groups in total. The van der Waals surface area contributed by atoms with Crippen molar-refractivity contribution in [2.75, 3.05) is 6.54 Å². The van der Waals surface area contributed by atoms with Crippen molar-refractivity contribution in [2.24, 2.45) is 0 Å². The Labute approximate surface area is 132 Å². The first-order valence-electron chi connectivity index (χ1n) is 7.16. The van der Waals surface area contributed by atoms with Crippen molar-refractivity contribution in [3.05, 3.63) is 54.7 Å². The number of benzene rings is 1. The van der Waals surface area contributed by atoms with E-state index in [2.05, 4.69) is 30.8 Å². The van der Waals surface area contributed by atoms with Crippen LogP contribution < -0.4 is 5.32 Å². The molecule has 0 spiro atoms. The van der Waals surface area contributed by atoms with Gasteiger partial charge >= 0.3 is 0 Å². The molecule has 0 radical (unpaired) electrons. The van der Waals surface area contributed by atoms with Crippen LogP contribution >= 0.6 is 0 Å². The minimum atomic E-state index is -0.156. The first-order chi connectivity index (χ1) is 11.3. The minimum Gasteiger partial charge on any atom is -0.354 e. The number of nitrogens with zero attached hydrogens (tertiary/aromatic N) is 6. The highest BCUT2D eigenvalue weighted by Gasteiger charge is 2.05. The molecule has 0 aliphatic carbocycles. The maximum Gasteiger partial charge on any atom is 0.241 e. The SMILES string of the molecule is O=C(Cn1cnnn1)NCCc1nccc(-c2ccccc2)n1. The lowest BCUT2D eigenvalue weighted by Gasteiger charge is -2.06. The highest BCUT2D eigenvalue weighted by atomic mass is 16.2. The van der Waals surface area contributed by atoms with Gasteiger partial charge in [0.05, 0.1) is 5.69 Å². The number of carbonyl (C=O) groups is 1.